The Kier molecular flexibility index (Phi) is 6.95. The Hall–Kier alpha value is -0.340. The van der Waals surface area contributed by atoms with Crippen molar-refractivity contribution in [2.45, 2.75) is 65.2 Å². The van der Waals surface area contributed by atoms with Gasteiger partial charge in [-0.25, -0.2) is 0 Å². The highest BCUT2D eigenvalue weighted by Gasteiger charge is 2.51. The van der Waals surface area contributed by atoms with E-state index in [1.807, 2.05) is 14.2 Å². The van der Waals surface area contributed by atoms with E-state index in [9.17, 15) is 0 Å². The van der Waals surface area contributed by atoms with Crippen LogP contribution in [0.15, 0.2) is 11.6 Å². The van der Waals surface area contributed by atoms with Crippen molar-refractivity contribution in [2.75, 3.05) is 27.4 Å². The normalized spacial score (nSPS) is 31.8. The van der Waals surface area contributed by atoms with Gasteiger partial charge < -0.3 is 9.47 Å². The van der Waals surface area contributed by atoms with E-state index < -0.39 is 0 Å². The fourth-order valence-electron chi connectivity index (χ4n) is 5.25. The second-order valence-corrected chi connectivity index (χ2v) is 7.69. The van der Waals surface area contributed by atoms with Gasteiger partial charge in [0.15, 0.2) is 0 Å². The number of unbranched alkanes of at least 4 members (excludes halogenated alkanes) is 3. The first-order chi connectivity index (χ1) is 10.7. The van der Waals surface area contributed by atoms with Gasteiger partial charge >= 0.3 is 0 Å². The molecule has 0 N–H and O–H groups in total. The van der Waals surface area contributed by atoms with Crippen molar-refractivity contribution < 1.29 is 9.47 Å². The highest BCUT2D eigenvalue weighted by atomic mass is 16.5. The SMILES string of the molecule is CCCCC/C=C1\C[C@@H]2CC(COC)(COC)C[C@H]2[C@@H]1CC. The summed E-state index contributed by atoms with van der Waals surface area (Å²) in [5.74, 6) is 2.56. The van der Waals surface area contributed by atoms with Crippen LogP contribution >= 0.6 is 0 Å². The van der Waals surface area contributed by atoms with Crippen molar-refractivity contribution in [3.8, 4) is 0 Å². The molecule has 2 saturated carbocycles. The third-order valence-electron chi connectivity index (χ3n) is 6.02. The molecule has 0 aromatic heterocycles. The van der Waals surface area contributed by atoms with Crippen molar-refractivity contribution in [2.24, 2.45) is 23.2 Å². The number of fused-ring (bicyclic) bond motifs is 1. The van der Waals surface area contributed by atoms with Crippen LogP contribution in [0, 0.1) is 23.2 Å². The molecule has 0 aliphatic heterocycles. The molecule has 22 heavy (non-hydrogen) atoms. The third-order valence-corrected chi connectivity index (χ3v) is 6.02. The second-order valence-electron chi connectivity index (χ2n) is 7.69. The fraction of sp³-hybridized carbons (Fsp3) is 0.900. The van der Waals surface area contributed by atoms with Gasteiger partial charge in [0.25, 0.3) is 0 Å². The molecule has 0 unspecified atom stereocenters. The first-order valence-electron chi connectivity index (χ1n) is 9.36. The van der Waals surface area contributed by atoms with E-state index in [2.05, 4.69) is 19.9 Å². The molecule has 128 valence electrons. The Morgan fingerprint density at radius 2 is 1.82 bits per heavy atom. The molecule has 0 bridgehead atoms. The minimum atomic E-state index is 0.278. The number of hydrogen-bond donors (Lipinski definition) is 0. The van der Waals surface area contributed by atoms with Gasteiger partial charge in [0.1, 0.15) is 0 Å². The Morgan fingerprint density at radius 3 is 2.41 bits per heavy atom. The standard InChI is InChI=1S/C20H36O2/c1-5-7-8-9-10-16-11-17-12-20(14-21-3,15-22-4)13-19(17)18(16)6-2/h10,17-19H,5-9,11-15H2,1-4H3/b16-10+/t17-,18-,19-/m1/s1. The van der Waals surface area contributed by atoms with E-state index in [0.717, 1.165) is 31.0 Å². The number of allylic oxidation sites excluding steroid dienone is 2. The summed E-state index contributed by atoms with van der Waals surface area (Å²) in [5, 5.41) is 0. The summed E-state index contributed by atoms with van der Waals surface area (Å²) in [7, 11) is 3.67. The molecule has 3 atom stereocenters. The van der Waals surface area contributed by atoms with Crippen LogP contribution < -0.4 is 0 Å². The van der Waals surface area contributed by atoms with Gasteiger partial charge in [-0.15, -0.1) is 0 Å². The van der Waals surface area contributed by atoms with Crippen LogP contribution in [0.3, 0.4) is 0 Å². The molecule has 0 spiro atoms. The van der Waals surface area contributed by atoms with Crippen molar-refractivity contribution in [1.29, 1.82) is 0 Å². The highest BCUT2D eigenvalue weighted by Crippen LogP contribution is 2.58. The maximum absolute atomic E-state index is 5.54. The van der Waals surface area contributed by atoms with Crippen molar-refractivity contribution in [3.63, 3.8) is 0 Å². The smallest absolute Gasteiger partial charge is 0.0540 e. The van der Waals surface area contributed by atoms with Crippen molar-refractivity contribution >= 4 is 0 Å². The van der Waals surface area contributed by atoms with E-state index in [0.29, 0.717) is 0 Å². The summed E-state index contributed by atoms with van der Waals surface area (Å²) in [5.41, 5.74) is 2.05. The summed E-state index contributed by atoms with van der Waals surface area (Å²) in [6.07, 6.45) is 13.2. The van der Waals surface area contributed by atoms with E-state index in [1.54, 1.807) is 5.57 Å². The third kappa shape index (κ3) is 3.94. The summed E-state index contributed by atoms with van der Waals surface area (Å²) < 4.78 is 11.1. The van der Waals surface area contributed by atoms with Crippen LogP contribution in [0.25, 0.3) is 0 Å². The van der Waals surface area contributed by atoms with E-state index >= 15 is 0 Å². The van der Waals surface area contributed by atoms with Gasteiger partial charge in [0.05, 0.1) is 13.2 Å². The molecule has 0 aromatic rings. The largest absolute Gasteiger partial charge is 0.384 e. The number of ether oxygens (including phenoxy) is 2. The van der Waals surface area contributed by atoms with E-state index in [1.165, 1.54) is 51.4 Å². The van der Waals surface area contributed by atoms with Crippen LogP contribution in [0.2, 0.25) is 0 Å². The van der Waals surface area contributed by atoms with Crippen LogP contribution in [0.4, 0.5) is 0 Å². The summed E-state index contributed by atoms with van der Waals surface area (Å²) in [6.45, 7) is 6.38. The molecule has 2 aliphatic rings. The zero-order valence-corrected chi connectivity index (χ0v) is 15.2. The first kappa shape index (κ1) is 18.0. The molecule has 2 fully saturated rings. The lowest BCUT2D eigenvalue weighted by Crippen LogP contribution is -2.30. The Bertz CT molecular complexity index is 355. The Labute approximate surface area is 137 Å². The minimum absolute atomic E-state index is 0.278. The number of rotatable bonds is 9. The first-order valence-corrected chi connectivity index (χ1v) is 9.36. The van der Waals surface area contributed by atoms with E-state index in [4.69, 9.17) is 9.47 Å². The summed E-state index contributed by atoms with van der Waals surface area (Å²) in [4.78, 5) is 0. The molecule has 2 aliphatic carbocycles. The molecule has 2 rings (SSSR count). The van der Waals surface area contributed by atoms with Gasteiger partial charge in [0, 0.05) is 19.6 Å². The topological polar surface area (TPSA) is 18.5 Å². The molecular formula is C20H36O2. The van der Waals surface area contributed by atoms with Gasteiger partial charge in [-0.1, -0.05) is 38.3 Å². The second kappa shape index (κ2) is 8.49. The average molecular weight is 309 g/mol. The average Bonchev–Trinajstić information content (AvgIpc) is 2.98. The molecule has 0 saturated heterocycles. The zero-order valence-electron chi connectivity index (χ0n) is 15.2. The lowest BCUT2D eigenvalue weighted by atomic mass is 9.81. The molecule has 0 amide bonds. The zero-order chi connectivity index (χ0) is 16.0. The van der Waals surface area contributed by atoms with Crippen molar-refractivity contribution in [3.05, 3.63) is 11.6 Å². The van der Waals surface area contributed by atoms with Gasteiger partial charge in [-0.05, 0) is 56.3 Å². The molecule has 2 heteroatoms. The predicted molar refractivity (Wildman–Crippen MR) is 93.0 cm³/mol. The molecule has 2 nitrogen and oxygen atoms in total. The van der Waals surface area contributed by atoms with Gasteiger partial charge in [0.2, 0.25) is 0 Å². The molecular weight excluding hydrogens is 272 g/mol. The lowest BCUT2D eigenvalue weighted by molar-refractivity contribution is 0.00859. The monoisotopic (exact) mass is 308 g/mol. The Balaban J connectivity index is 2.00. The Morgan fingerprint density at radius 1 is 1.09 bits per heavy atom. The number of methoxy groups -OCH3 is 2. The lowest BCUT2D eigenvalue weighted by Gasteiger charge is -2.30. The fourth-order valence-corrected chi connectivity index (χ4v) is 5.25. The maximum Gasteiger partial charge on any atom is 0.0540 e. The van der Waals surface area contributed by atoms with Crippen LogP contribution in [-0.2, 0) is 9.47 Å². The van der Waals surface area contributed by atoms with Crippen molar-refractivity contribution in [1.82, 2.24) is 0 Å². The molecule has 0 aromatic carbocycles. The summed E-state index contributed by atoms with van der Waals surface area (Å²) >= 11 is 0. The summed E-state index contributed by atoms with van der Waals surface area (Å²) in [6, 6.07) is 0. The van der Waals surface area contributed by atoms with Crippen LogP contribution in [0.1, 0.15) is 65.2 Å². The minimum Gasteiger partial charge on any atom is -0.384 e. The quantitative estimate of drug-likeness (QED) is 0.429. The highest BCUT2D eigenvalue weighted by molar-refractivity contribution is 5.19. The van der Waals surface area contributed by atoms with Gasteiger partial charge in [-0.3, -0.25) is 0 Å². The predicted octanol–water partition coefficient (Wildman–Crippen LogP) is 5.23. The number of hydrogen-bond acceptors (Lipinski definition) is 2. The van der Waals surface area contributed by atoms with E-state index in [-0.39, 0.29) is 5.41 Å². The maximum atomic E-state index is 5.54. The van der Waals surface area contributed by atoms with Crippen LogP contribution in [0.5, 0.6) is 0 Å². The molecule has 0 heterocycles. The van der Waals surface area contributed by atoms with Gasteiger partial charge in [-0.2, -0.15) is 0 Å². The van der Waals surface area contributed by atoms with Crippen LogP contribution in [-0.4, -0.2) is 27.4 Å². The molecule has 0 radical (unpaired) electrons.